The topological polar surface area (TPSA) is 69.6 Å². The molecule has 0 aliphatic heterocycles. The van der Waals surface area contributed by atoms with Gasteiger partial charge in [0.05, 0.1) is 18.2 Å². The van der Waals surface area contributed by atoms with E-state index in [4.69, 9.17) is 0 Å². The molecule has 4 nitrogen and oxygen atoms in total. The van der Waals surface area contributed by atoms with Gasteiger partial charge in [-0.3, -0.25) is 4.79 Å². The summed E-state index contributed by atoms with van der Waals surface area (Å²) in [5.74, 6) is 3.34. The molecule has 0 saturated heterocycles. The minimum Gasteiger partial charge on any atom is -0.393 e. The molecule has 5 rings (SSSR count). The first-order valence-electron chi connectivity index (χ1n) is 14.4. The van der Waals surface area contributed by atoms with Gasteiger partial charge in [0, 0.05) is 11.3 Å². The summed E-state index contributed by atoms with van der Waals surface area (Å²) in [6.07, 6.45) is 9.64. The lowest BCUT2D eigenvalue weighted by Crippen LogP contribution is -2.58. The van der Waals surface area contributed by atoms with E-state index in [1.807, 2.05) is 0 Å². The van der Waals surface area contributed by atoms with E-state index in [1.54, 1.807) is 11.3 Å². The van der Waals surface area contributed by atoms with Crippen molar-refractivity contribution < 1.29 is 15.0 Å². The summed E-state index contributed by atoms with van der Waals surface area (Å²) in [6.45, 7) is 9.41. The molecule has 0 spiro atoms. The number of hydrogen-bond donors (Lipinski definition) is 3. The quantitative estimate of drug-likeness (QED) is 0.426. The zero-order chi connectivity index (χ0) is 25.0. The SMILES string of the molecule is CCC(NC(=O)C[C@@H](C)[C@H]1CC[C@H]2[C@@H]3C[C@H](O)[C@@H]4C[C@H](O)CC[C@]4(C)[C@H]3CC[C@]12C)c1cccs1. The Balaban J connectivity index is 1.27. The molecular formula is C30H47NO3S. The largest absolute Gasteiger partial charge is 0.393 e. The highest BCUT2D eigenvalue weighted by Gasteiger charge is 2.62. The number of thiophene rings is 1. The summed E-state index contributed by atoms with van der Waals surface area (Å²) < 4.78 is 0. The van der Waals surface area contributed by atoms with Gasteiger partial charge in [-0.05, 0) is 116 Å². The standard InChI is InChI=1S/C30H47NO3S/c1-5-25(27-7-6-14-35-27)31-28(34)15-18(2)21-8-9-22-20-17-26(33)24-16-19(32)10-12-30(24,4)23(20)11-13-29(21,22)3/h6-7,14,18-26,32-33H,5,8-13,15-17H2,1-4H3,(H,31,34)/t18-,19-,20+,21-,22+,23+,24+,25?,26+,29-,30-/m1/s1. The molecule has 5 heteroatoms. The predicted molar refractivity (Wildman–Crippen MR) is 142 cm³/mol. The maximum Gasteiger partial charge on any atom is 0.220 e. The van der Waals surface area contributed by atoms with Crippen molar-refractivity contribution >= 4 is 17.2 Å². The molecule has 1 aromatic heterocycles. The number of aliphatic hydroxyl groups excluding tert-OH is 2. The zero-order valence-corrected chi connectivity index (χ0v) is 23.0. The molecule has 1 aromatic rings. The summed E-state index contributed by atoms with van der Waals surface area (Å²) in [6, 6.07) is 4.32. The van der Waals surface area contributed by atoms with Gasteiger partial charge in [-0.25, -0.2) is 0 Å². The van der Waals surface area contributed by atoms with Crippen molar-refractivity contribution in [3.05, 3.63) is 22.4 Å². The number of carbonyl (C=O) groups excluding carboxylic acids is 1. The van der Waals surface area contributed by atoms with Gasteiger partial charge in [-0.1, -0.05) is 33.8 Å². The summed E-state index contributed by atoms with van der Waals surface area (Å²) in [4.78, 5) is 14.3. The van der Waals surface area contributed by atoms with Gasteiger partial charge >= 0.3 is 0 Å². The van der Waals surface area contributed by atoms with Crippen LogP contribution in [0.2, 0.25) is 0 Å². The monoisotopic (exact) mass is 501 g/mol. The second-order valence-corrected chi connectivity index (χ2v) is 14.2. The lowest BCUT2D eigenvalue weighted by atomic mass is 9.44. The first-order chi connectivity index (χ1) is 16.7. The third-order valence-corrected chi connectivity index (χ3v) is 12.5. The van der Waals surface area contributed by atoms with Crippen LogP contribution in [0.1, 0.15) is 103 Å². The molecule has 4 aliphatic rings. The summed E-state index contributed by atoms with van der Waals surface area (Å²) in [5.41, 5.74) is 0.444. The average Bonchev–Trinajstić information content (AvgIpc) is 3.46. The van der Waals surface area contributed by atoms with Crippen LogP contribution in [0, 0.1) is 46.3 Å². The molecule has 35 heavy (non-hydrogen) atoms. The van der Waals surface area contributed by atoms with Gasteiger partial charge in [0.1, 0.15) is 0 Å². The van der Waals surface area contributed by atoms with E-state index in [-0.39, 0.29) is 40.9 Å². The van der Waals surface area contributed by atoms with E-state index in [0.717, 1.165) is 32.1 Å². The Morgan fingerprint density at radius 3 is 2.54 bits per heavy atom. The van der Waals surface area contributed by atoms with Crippen LogP contribution < -0.4 is 5.32 Å². The van der Waals surface area contributed by atoms with Gasteiger partial charge in [-0.2, -0.15) is 0 Å². The molecular weight excluding hydrogens is 454 g/mol. The van der Waals surface area contributed by atoms with Crippen LogP contribution in [-0.4, -0.2) is 28.3 Å². The van der Waals surface area contributed by atoms with Crippen LogP contribution in [-0.2, 0) is 4.79 Å². The predicted octanol–water partition coefficient (Wildman–Crippen LogP) is 6.33. The van der Waals surface area contributed by atoms with E-state index in [2.05, 4.69) is 50.5 Å². The Kier molecular flexibility index (Phi) is 7.17. The molecule has 1 unspecified atom stereocenters. The first-order valence-corrected chi connectivity index (χ1v) is 15.2. The van der Waals surface area contributed by atoms with Crippen LogP contribution in [0.15, 0.2) is 17.5 Å². The highest BCUT2D eigenvalue weighted by molar-refractivity contribution is 7.10. The zero-order valence-electron chi connectivity index (χ0n) is 22.2. The Hall–Kier alpha value is -0.910. The van der Waals surface area contributed by atoms with E-state index in [1.165, 1.54) is 30.6 Å². The summed E-state index contributed by atoms with van der Waals surface area (Å²) in [5, 5.41) is 27.0. The van der Waals surface area contributed by atoms with Crippen molar-refractivity contribution in [1.82, 2.24) is 5.32 Å². The van der Waals surface area contributed by atoms with Gasteiger partial charge in [0.2, 0.25) is 5.91 Å². The van der Waals surface area contributed by atoms with Gasteiger partial charge < -0.3 is 15.5 Å². The Labute approximate surface area is 216 Å². The second kappa shape index (κ2) is 9.76. The molecule has 1 amide bonds. The van der Waals surface area contributed by atoms with Crippen molar-refractivity contribution in [3.63, 3.8) is 0 Å². The van der Waals surface area contributed by atoms with Crippen LogP contribution in [0.3, 0.4) is 0 Å². The molecule has 11 atom stereocenters. The number of carbonyl (C=O) groups is 1. The Morgan fingerprint density at radius 2 is 1.83 bits per heavy atom. The van der Waals surface area contributed by atoms with Crippen molar-refractivity contribution in [2.45, 2.75) is 110 Å². The van der Waals surface area contributed by atoms with Gasteiger partial charge in [0.15, 0.2) is 0 Å². The molecule has 4 saturated carbocycles. The summed E-state index contributed by atoms with van der Waals surface area (Å²) >= 11 is 1.73. The van der Waals surface area contributed by atoms with Crippen LogP contribution >= 0.6 is 11.3 Å². The van der Waals surface area contributed by atoms with Crippen LogP contribution in [0.5, 0.6) is 0 Å². The smallest absolute Gasteiger partial charge is 0.220 e. The van der Waals surface area contributed by atoms with Crippen molar-refractivity contribution in [1.29, 1.82) is 0 Å². The van der Waals surface area contributed by atoms with Crippen LogP contribution in [0.4, 0.5) is 0 Å². The number of nitrogens with one attached hydrogen (secondary N) is 1. The number of amides is 1. The van der Waals surface area contributed by atoms with E-state index in [9.17, 15) is 15.0 Å². The molecule has 0 bridgehead atoms. The molecule has 1 heterocycles. The lowest BCUT2D eigenvalue weighted by molar-refractivity contribution is -0.172. The van der Waals surface area contributed by atoms with Gasteiger partial charge in [-0.15, -0.1) is 11.3 Å². The van der Waals surface area contributed by atoms with Gasteiger partial charge in [0.25, 0.3) is 0 Å². The third kappa shape index (κ3) is 4.42. The fraction of sp³-hybridized carbons (Fsp3) is 0.833. The number of hydrogen-bond acceptors (Lipinski definition) is 4. The fourth-order valence-corrected chi connectivity index (χ4v) is 10.7. The maximum absolute atomic E-state index is 13.1. The van der Waals surface area contributed by atoms with Crippen molar-refractivity contribution in [2.24, 2.45) is 46.3 Å². The minimum absolute atomic E-state index is 0.128. The molecule has 196 valence electrons. The highest BCUT2D eigenvalue weighted by atomic mass is 32.1. The molecule has 4 fully saturated rings. The Morgan fingerprint density at radius 1 is 1.09 bits per heavy atom. The average molecular weight is 502 g/mol. The second-order valence-electron chi connectivity index (χ2n) is 13.2. The van der Waals surface area contributed by atoms with E-state index < -0.39 is 0 Å². The Bertz CT molecular complexity index is 888. The van der Waals surface area contributed by atoms with Crippen LogP contribution in [0.25, 0.3) is 0 Å². The fourth-order valence-electron chi connectivity index (χ4n) is 9.81. The van der Waals surface area contributed by atoms with E-state index >= 15 is 0 Å². The molecule has 0 radical (unpaired) electrons. The highest BCUT2D eigenvalue weighted by Crippen LogP contribution is 2.68. The molecule has 4 aliphatic carbocycles. The maximum atomic E-state index is 13.1. The molecule has 0 aromatic carbocycles. The summed E-state index contributed by atoms with van der Waals surface area (Å²) in [7, 11) is 0. The lowest BCUT2D eigenvalue weighted by Gasteiger charge is -2.62. The number of fused-ring (bicyclic) bond motifs is 5. The third-order valence-electron chi connectivity index (χ3n) is 11.5. The first kappa shape index (κ1) is 25.7. The number of rotatable bonds is 6. The number of aliphatic hydroxyl groups is 2. The van der Waals surface area contributed by atoms with Crippen molar-refractivity contribution in [3.8, 4) is 0 Å². The van der Waals surface area contributed by atoms with Crippen molar-refractivity contribution in [2.75, 3.05) is 0 Å². The molecule has 3 N–H and O–H groups in total. The minimum atomic E-state index is -0.274. The van der Waals surface area contributed by atoms with E-state index in [0.29, 0.717) is 36.0 Å². The normalized spacial score (nSPS) is 44.6.